The van der Waals surface area contributed by atoms with Gasteiger partial charge in [-0.25, -0.2) is 4.79 Å². The Kier molecular flexibility index (Phi) is 6.57. The molecule has 6 heteroatoms. The van der Waals surface area contributed by atoms with Gasteiger partial charge in [0.15, 0.2) is 0 Å². The molecule has 2 rings (SSSR count). The van der Waals surface area contributed by atoms with E-state index in [0.29, 0.717) is 19.6 Å². The molecule has 6 nitrogen and oxygen atoms in total. The van der Waals surface area contributed by atoms with Crippen molar-refractivity contribution in [1.82, 2.24) is 20.1 Å². The predicted octanol–water partition coefficient (Wildman–Crippen LogP) is 1.88. The van der Waals surface area contributed by atoms with Crippen LogP contribution in [0, 0.1) is 5.41 Å². The van der Waals surface area contributed by atoms with Gasteiger partial charge in [0.05, 0.1) is 12.6 Å². The molecular formula is C18H30N4O2. The lowest BCUT2D eigenvalue weighted by Gasteiger charge is -2.36. The summed E-state index contributed by atoms with van der Waals surface area (Å²) in [4.78, 5) is 20.9. The van der Waals surface area contributed by atoms with E-state index in [0.717, 1.165) is 25.1 Å². The highest BCUT2D eigenvalue weighted by atomic mass is 16.3. The quantitative estimate of drug-likeness (QED) is 0.863. The van der Waals surface area contributed by atoms with Crippen LogP contribution in [0.4, 0.5) is 4.79 Å². The van der Waals surface area contributed by atoms with E-state index in [9.17, 15) is 4.79 Å². The van der Waals surface area contributed by atoms with Gasteiger partial charge in [0, 0.05) is 45.1 Å². The van der Waals surface area contributed by atoms with Gasteiger partial charge in [-0.1, -0.05) is 26.8 Å². The van der Waals surface area contributed by atoms with Gasteiger partial charge in [0.1, 0.15) is 0 Å². The molecule has 0 bridgehead atoms. The van der Waals surface area contributed by atoms with Crippen LogP contribution < -0.4 is 5.32 Å². The third-order valence-corrected chi connectivity index (χ3v) is 4.28. The number of β-amino-alcohol motifs (C(OH)–C–C–N with tert-alkyl or cyclic N) is 1. The molecule has 1 aromatic heterocycles. The summed E-state index contributed by atoms with van der Waals surface area (Å²) >= 11 is 0. The minimum absolute atomic E-state index is 0.0169. The largest absolute Gasteiger partial charge is 0.395 e. The summed E-state index contributed by atoms with van der Waals surface area (Å²) in [5.74, 6) is 0. The number of rotatable bonds is 5. The fourth-order valence-electron chi connectivity index (χ4n) is 3.00. The smallest absolute Gasteiger partial charge is 0.317 e. The first-order valence-corrected chi connectivity index (χ1v) is 8.67. The van der Waals surface area contributed by atoms with Crippen molar-refractivity contribution < 1.29 is 9.90 Å². The summed E-state index contributed by atoms with van der Waals surface area (Å²) in [6.07, 6.45) is 4.44. The number of piperazine rings is 1. The molecule has 1 atom stereocenters. The van der Waals surface area contributed by atoms with Crippen molar-refractivity contribution in [2.24, 2.45) is 5.41 Å². The molecule has 1 aliphatic rings. The third-order valence-electron chi connectivity index (χ3n) is 4.28. The number of urea groups is 1. The van der Waals surface area contributed by atoms with E-state index < -0.39 is 0 Å². The molecule has 0 radical (unpaired) electrons. The maximum atomic E-state index is 12.7. The van der Waals surface area contributed by atoms with Crippen molar-refractivity contribution in [2.75, 3.05) is 39.3 Å². The number of nitrogens with one attached hydrogen (secondary N) is 1. The van der Waals surface area contributed by atoms with E-state index in [4.69, 9.17) is 5.11 Å². The van der Waals surface area contributed by atoms with E-state index in [1.165, 1.54) is 0 Å². The Labute approximate surface area is 144 Å². The average Bonchev–Trinajstić information content (AvgIpc) is 2.55. The molecule has 0 saturated carbocycles. The molecule has 1 aliphatic heterocycles. The summed E-state index contributed by atoms with van der Waals surface area (Å²) in [6, 6.07) is 3.87. The Morgan fingerprint density at radius 1 is 1.33 bits per heavy atom. The number of aliphatic hydroxyl groups is 1. The topological polar surface area (TPSA) is 68.7 Å². The number of amides is 2. The van der Waals surface area contributed by atoms with Crippen LogP contribution in [-0.4, -0.2) is 65.3 Å². The Morgan fingerprint density at radius 2 is 2.04 bits per heavy atom. The molecule has 2 amide bonds. The predicted molar refractivity (Wildman–Crippen MR) is 94.7 cm³/mol. The number of hydrogen-bond donors (Lipinski definition) is 2. The van der Waals surface area contributed by atoms with Crippen LogP contribution in [0.1, 0.15) is 38.8 Å². The zero-order valence-electron chi connectivity index (χ0n) is 15.0. The molecule has 2 heterocycles. The van der Waals surface area contributed by atoms with Crippen molar-refractivity contribution in [3.63, 3.8) is 0 Å². The highest BCUT2D eigenvalue weighted by molar-refractivity contribution is 5.74. The van der Waals surface area contributed by atoms with E-state index in [1.54, 1.807) is 6.20 Å². The zero-order chi connectivity index (χ0) is 17.6. The molecule has 134 valence electrons. The van der Waals surface area contributed by atoms with Crippen LogP contribution >= 0.6 is 0 Å². The van der Waals surface area contributed by atoms with Crippen LogP contribution in [0.15, 0.2) is 24.5 Å². The first-order valence-electron chi connectivity index (χ1n) is 8.67. The second kappa shape index (κ2) is 8.44. The standard InChI is InChI=1S/C18H30N4O2/c1-18(2,3)13-16(15-5-4-6-19-14-15)20-17(24)22-9-7-21(8-10-22)11-12-23/h4-6,14,16,23H,7-13H2,1-3H3,(H,20,24)/t16-/m0/s1. The second-order valence-electron chi connectivity index (χ2n) is 7.61. The number of hydrogen-bond acceptors (Lipinski definition) is 4. The molecule has 0 spiro atoms. The molecule has 1 fully saturated rings. The van der Waals surface area contributed by atoms with Crippen LogP contribution in [0.2, 0.25) is 0 Å². The monoisotopic (exact) mass is 334 g/mol. The van der Waals surface area contributed by atoms with Gasteiger partial charge < -0.3 is 15.3 Å². The summed E-state index contributed by atoms with van der Waals surface area (Å²) in [5.41, 5.74) is 1.15. The summed E-state index contributed by atoms with van der Waals surface area (Å²) in [7, 11) is 0. The summed E-state index contributed by atoms with van der Waals surface area (Å²) < 4.78 is 0. The van der Waals surface area contributed by atoms with Crippen LogP contribution in [0.5, 0.6) is 0 Å². The van der Waals surface area contributed by atoms with Gasteiger partial charge in [0.25, 0.3) is 0 Å². The lowest BCUT2D eigenvalue weighted by Crippen LogP contribution is -2.52. The number of pyridine rings is 1. The molecule has 1 saturated heterocycles. The van der Waals surface area contributed by atoms with Crippen LogP contribution in [0.3, 0.4) is 0 Å². The van der Waals surface area contributed by atoms with Gasteiger partial charge in [-0.3, -0.25) is 9.88 Å². The van der Waals surface area contributed by atoms with Gasteiger partial charge >= 0.3 is 6.03 Å². The number of carbonyl (C=O) groups excluding carboxylic acids is 1. The Bertz CT molecular complexity index is 508. The van der Waals surface area contributed by atoms with E-state index in [2.05, 4.69) is 36.0 Å². The minimum atomic E-state index is -0.0401. The van der Waals surface area contributed by atoms with Gasteiger partial charge in [-0.05, 0) is 23.5 Å². The molecule has 1 aromatic rings. The second-order valence-corrected chi connectivity index (χ2v) is 7.61. The highest BCUT2D eigenvalue weighted by Crippen LogP contribution is 2.29. The zero-order valence-corrected chi connectivity index (χ0v) is 15.0. The first kappa shape index (κ1) is 18.7. The molecule has 0 aromatic carbocycles. The molecular weight excluding hydrogens is 304 g/mol. The Hall–Kier alpha value is -1.66. The van der Waals surface area contributed by atoms with Crippen molar-refractivity contribution in [3.05, 3.63) is 30.1 Å². The number of nitrogens with zero attached hydrogens (tertiary/aromatic N) is 3. The van der Waals surface area contributed by atoms with Crippen molar-refractivity contribution in [2.45, 2.75) is 33.2 Å². The van der Waals surface area contributed by atoms with Crippen molar-refractivity contribution >= 4 is 6.03 Å². The highest BCUT2D eigenvalue weighted by Gasteiger charge is 2.26. The first-order chi connectivity index (χ1) is 11.4. The van der Waals surface area contributed by atoms with Gasteiger partial charge in [-0.2, -0.15) is 0 Å². The molecule has 2 N–H and O–H groups in total. The third kappa shape index (κ3) is 5.76. The van der Waals surface area contributed by atoms with E-state index in [1.807, 2.05) is 23.2 Å². The number of aromatic nitrogens is 1. The normalized spacial score (nSPS) is 17.6. The lowest BCUT2D eigenvalue weighted by molar-refractivity contribution is 0.119. The fourth-order valence-corrected chi connectivity index (χ4v) is 3.00. The summed E-state index contributed by atoms with van der Waals surface area (Å²) in [6.45, 7) is 10.4. The van der Waals surface area contributed by atoms with Gasteiger partial charge in [0.2, 0.25) is 0 Å². The molecule has 0 aliphatic carbocycles. The van der Waals surface area contributed by atoms with Crippen LogP contribution in [-0.2, 0) is 0 Å². The Balaban J connectivity index is 1.97. The van der Waals surface area contributed by atoms with E-state index in [-0.39, 0.29) is 24.1 Å². The molecule has 24 heavy (non-hydrogen) atoms. The number of aliphatic hydroxyl groups excluding tert-OH is 1. The average molecular weight is 334 g/mol. The number of carbonyl (C=O) groups is 1. The fraction of sp³-hybridized carbons (Fsp3) is 0.667. The van der Waals surface area contributed by atoms with Crippen molar-refractivity contribution in [3.8, 4) is 0 Å². The van der Waals surface area contributed by atoms with Crippen molar-refractivity contribution in [1.29, 1.82) is 0 Å². The molecule has 0 unspecified atom stereocenters. The van der Waals surface area contributed by atoms with Gasteiger partial charge in [-0.15, -0.1) is 0 Å². The van der Waals surface area contributed by atoms with Crippen LogP contribution in [0.25, 0.3) is 0 Å². The lowest BCUT2D eigenvalue weighted by atomic mass is 9.86. The SMILES string of the molecule is CC(C)(C)C[C@H](NC(=O)N1CCN(CCO)CC1)c1cccnc1. The van der Waals surface area contributed by atoms with E-state index >= 15 is 0 Å². The Morgan fingerprint density at radius 3 is 2.58 bits per heavy atom. The summed E-state index contributed by atoms with van der Waals surface area (Å²) in [5, 5.41) is 12.2. The maximum absolute atomic E-state index is 12.7. The minimum Gasteiger partial charge on any atom is -0.395 e. The maximum Gasteiger partial charge on any atom is 0.317 e.